The zero-order chi connectivity index (χ0) is 18.4. The van der Waals surface area contributed by atoms with Crippen molar-refractivity contribution < 1.29 is 18.1 Å². The molecule has 1 saturated heterocycles. The Hall–Kier alpha value is -0.0231. The first-order valence-corrected chi connectivity index (χ1v) is 10.9. The molecule has 6 nitrogen and oxygen atoms in total. The maximum absolute atomic E-state index is 5.94. The summed E-state index contributed by atoms with van der Waals surface area (Å²) < 4.78 is 16.4. The van der Waals surface area contributed by atoms with Crippen molar-refractivity contribution in [3.8, 4) is 0 Å². The molecule has 0 aliphatic carbocycles. The maximum atomic E-state index is 5.94. The van der Waals surface area contributed by atoms with Crippen molar-refractivity contribution in [2.45, 2.75) is 77.0 Å². The van der Waals surface area contributed by atoms with Gasteiger partial charge in [-0.3, -0.25) is 4.84 Å². The second-order valence-corrected chi connectivity index (χ2v) is 10.9. The number of hydrogen-bond acceptors (Lipinski definition) is 6. The Labute approximate surface area is 149 Å². The summed E-state index contributed by atoms with van der Waals surface area (Å²) in [4.78, 5) is 5.94. The molecule has 0 unspecified atom stereocenters. The van der Waals surface area contributed by atoms with Gasteiger partial charge < -0.3 is 18.6 Å². The van der Waals surface area contributed by atoms with Crippen molar-refractivity contribution in [1.82, 2.24) is 10.4 Å². The molecule has 0 aromatic carbocycles. The van der Waals surface area contributed by atoms with Crippen molar-refractivity contribution in [2.75, 3.05) is 34.5 Å². The number of nitrogens with one attached hydrogen (secondary N) is 1. The predicted molar refractivity (Wildman–Crippen MR) is 98.9 cm³/mol. The van der Waals surface area contributed by atoms with Crippen LogP contribution < -0.4 is 5.32 Å². The second kappa shape index (κ2) is 9.07. The fraction of sp³-hybridized carbons (Fsp3) is 1.00. The molecule has 0 bridgehead atoms. The van der Waals surface area contributed by atoms with Gasteiger partial charge in [-0.05, 0) is 60.4 Å². The van der Waals surface area contributed by atoms with E-state index >= 15 is 0 Å². The Morgan fingerprint density at radius 2 is 1.50 bits per heavy atom. The minimum absolute atomic E-state index is 0.0134. The molecule has 1 rings (SSSR count). The molecule has 0 aromatic rings. The molecule has 7 heteroatoms. The van der Waals surface area contributed by atoms with Gasteiger partial charge in [0, 0.05) is 44.5 Å². The van der Waals surface area contributed by atoms with Gasteiger partial charge in [0.1, 0.15) is 0 Å². The van der Waals surface area contributed by atoms with Crippen molar-refractivity contribution in [3.63, 3.8) is 0 Å². The van der Waals surface area contributed by atoms with Crippen LogP contribution in [-0.4, -0.2) is 65.5 Å². The van der Waals surface area contributed by atoms with Crippen LogP contribution in [0.3, 0.4) is 0 Å². The van der Waals surface area contributed by atoms with Gasteiger partial charge in [-0.25, -0.2) is 0 Å². The summed E-state index contributed by atoms with van der Waals surface area (Å²) in [6.45, 7) is 12.7. The van der Waals surface area contributed by atoms with Crippen LogP contribution in [0.15, 0.2) is 0 Å². The third kappa shape index (κ3) is 5.49. The highest BCUT2D eigenvalue weighted by atomic mass is 28.4. The number of piperidine rings is 1. The molecule has 1 aliphatic rings. The van der Waals surface area contributed by atoms with E-state index in [1.54, 1.807) is 21.3 Å². The van der Waals surface area contributed by atoms with Gasteiger partial charge in [-0.1, -0.05) is 0 Å². The first kappa shape index (κ1) is 22.0. The third-order valence-corrected chi connectivity index (χ3v) is 7.71. The highest BCUT2D eigenvalue weighted by Crippen LogP contribution is 2.38. The largest absolute Gasteiger partial charge is 0.500 e. The molecule has 24 heavy (non-hydrogen) atoms. The maximum Gasteiger partial charge on any atom is 0.500 e. The van der Waals surface area contributed by atoms with Crippen LogP contribution in [0.5, 0.6) is 0 Å². The van der Waals surface area contributed by atoms with E-state index in [0.29, 0.717) is 12.6 Å². The lowest BCUT2D eigenvalue weighted by Gasteiger charge is -2.54. The Bertz CT molecular complexity index is 349. The summed E-state index contributed by atoms with van der Waals surface area (Å²) in [7, 11) is 2.55. The second-order valence-electron chi connectivity index (χ2n) is 7.80. The van der Waals surface area contributed by atoms with Gasteiger partial charge in [0.05, 0.1) is 6.61 Å². The highest BCUT2D eigenvalue weighted by Gasteiger charge is 2.46. The molecule has 144 valence electrons. The van der Waals surface area contributed by atoms with Gasteiger partial charge >= 0.3 is 8.80 Å². The molecule has 1 fully saturated rings. The topological polar surface area (TPSA) is 52.2 Å². The summed E-state index contributed by atoms with van der Waals surface area (Å²) in [5.41, 5.74) is 0.0268. The highest BCUT2D eigenvalue weighted by molar-refractivity contribution is 6.60. The average Bonchev–Trinajstić information content (AvgIpc) is 2.51. The number of hydroxylamine groups is 2. The van der Waals surface area contributed by atoms with Crippen molar-refractivity contribution in [1.29, 1.82) is 0 Å². The molecule has 0 radical (unpaired) electrons. The zero-order valence-electron chi connectivity index (χ0n) is 16.9. The standard InChI is InChI=1S/C17H38N2O4Si/c1-9-23-19-16(2,3)13-15(14-17(19,4)5)18-11-10-12-24(20-6,21-7)22-8/h15,18H,9-14H2,1-8H3. The lowest BCUT2D eigenvalue weighted by Crippen LogP contribution is -2.63. The van der Waals surface area contributed by atoms with E-state index in [0.717, 1.165) is 31.9 Å². The third-order valence-electron chi connectivity index (χ3n) is 4.88. The van der Waals surface area contributed by atoms with E-state index in [1.807, 2.05) is 6.92 Å². The first-order chi connectivity index (χ1) is 11.2. The Balaban J connectivity index is 2.53. The molecule has 0 saturated carbocycles. The van der Waals surface area contributed by atoms with Crippen LogP contribution in [0, 0.1) is 0 Å². The lowest BCUT2D eigenvalue weighted by atomic mass is 9.79. The Kier molecular flexibility index (Phi) is 8.32. The molecule has 1 N–H and O–H groups in total. The molecule has 0 amide bonds. The van der Waals surface area contributed by atoms with E-state index in [2.05, 4.69) is 38.1 Å². The smallest absolute Gasteiger partial charge is 0.377 e. The molecule has 1 aliphatic heterocycles. The average molecular weight is 363 g/mol. The number of hydrogen-bond donors (Lipinski definition) is 1. The lowest BCUT2D eigenvalue weighted by molar-refractivity contribution is -0.281. The van der Waals surface area contributed by atoms with Crippen molar-refractivity contribution >= 4 is 8.80 Å². The van der Waals surface area contributed by atoms with Gasteiger partial charge in [0.2, 0.25) is 0 Å². The van der Waals surface area contributed by atoms with E-state index < -0.39 is 8.80 Å². The molecule has 0 atom stereocenters. The molecule has 1 heterocycles. The summed E-state index contributed by atoms with van der Waals surface area (Å²) in [6, 6.07) is 1.31. The summed E-state index contributed by atoms with van der Waals surface area (Å²) in [6.07, 6.45) is 3.12. The Morgan fingerprint density at radius 1 is 1.00 bits per heavy atom. The summed E-state index contributed by atoms with van der Waals surface area (Å²) >= 11 is 0. The van der Waals surface area contributed by atoms with Crippen LogP contribution in [-0.2, 0) is 18.1 Å². The monoisotopic (exact) mass is 362 g/mol. The molecule has 0 spiro atoms. The van der Waals surface area contributed by atoms with Crippen molar-refractivity contribution in [2.24, 2.45) is 0 Å². The van der Waals surface area contributed by atoms with Crippen LogP contribution >= 0.6 is 0 Å². The fourth-order valence-electron chi connectivity index (χ4n) is 4.05. The van der Waals surface area contributed by atoms with Gasteiger partial charge in [0.15, 0.2) is 0 Å². The normalized spacial score (nSPS) is 22.0. The van der Waals surface area contributed by atoms with Crippen molar-refractivity contribution in [3.05, 3.63) is 0 Å². The first-order valence-electron chi connectivity index (χ1n) is 8.98. The quantitative estimate of drug-likeness (QED) is 0.476. The van der Waals surface area contributed by atoms with Crippen LogP contribution in [0.2, 0.25) is 6.04 Å². The predicted octanol–water partition coefficient (Wildman–Crippen LogP) is 2.82. The Morgan fingerprint density at radius 3 is 1.92 bits per heavy atom. The van der Waals surface area contributed by atoms with E-state index in [4.69, 9.17) is 18.1 Å². The van der Waals surface area contributed by atoms with Gasteiger partial charge in [-0.2, -0.15) is 5.06 Å². The number of rotatable bonds is 10. The van der Waals surface area contributed by atoms with Crippen LogP contribution in [0.4, 0.5) is 0 Å². The number of nitrogens with zero attached hydrogens (tertiary/aromatic N) is 1. The van der Waals surface area contributed by atoms with E-state index in [-0.39, 0.29) is 11.1 Å². The minimum Gasteiger partial charge on any atom is -0.377 e. The minimum atomic E-state index is -2.45. The van der Waals surface area contributed by atoms with Gasteiger partial charge in [0.25, 0.3) is 0 Å². The van der Waals surface area contributed by atoms with E-state index in [9.17, 15) is 0 Å². The summed E-state index contributed by atoms with van der Waals surface area (Å²) in [5, 5.41) is 5.91. The van der Waals surface area contributed by atoms with Crippen LogP contribution in [0.25, 0.3) is 0 Å². The SMILES string of the molecule is CCON1C(C)(C)CC(NCCC[Si](OC)(OC)OC)CC1(C)C. The zero-order valence-corrected chi connectivity index (χ0v) is 17.9. The molecule has 0 aromatic heterocycles. The summed E-state index contributed by atoms with van der Waals surface area (Å²) in [5.74, 6) is 0. The molecular formula is C17H38N2O4Si. The van der Waals surface area contributed by atoms with E-state index in [1.165, 1.54) is 0 Å². The van der Waals surface area contributed by atoms with Gasteiger partial charge in [-0.15, -0.1) is 0 Å². The fourth-order valence-corrected chi connectivity index (χ4v) is 5.78. The van der Waals surface area contributed by atoms with Crippen LogP contribution in [0.1, 0.15) is 53.9 Å². The molecular weight excluding hydrogens is 324 g/mol.